The second-order valence-corrected chi connectivity index (χ2v) is 8.87. The Morgan fingerprint density at radius 1 is 1.16 bits per heavy atom. The molecule has 2 rings (SSSR count). The molecule has 1 heterocycles. The molecule has 8 heteroatoms. The van der Waals surface area contributed by atoms with Crippen molar-refractivity contribution in [2.24, 2.45) is 5.41 Å². The van der Waals surface area contributed by atoms with Crippen molar-refractivity contribution in [3.63, 3.8) is 0 Å². The summed E-state index contributed by atoms with van der Waals surface area (Å²) in [6.07, 6.45) is 0.443. The molecule has 0 bridgehead atoms. The molecule has 0 saturated carbocycles. The first-order valence-electron chi connectivity index (χ1n) is 7.77. The molecule has 0 spiro atoms. The van der Waals surface area contributed by atoms with Gasteiger partial charge in [0.1, 0.15) is 11.5 Å². The highest BCUT2D eigenvalue weighted by molar-refractivity contribution is 8.00. The number of carbonyl (C=O) groups is 1. The van der Waals surface area contributed by atoms with E-state index in [1.54, 1.807) is 26.0 Å². The molecule has 136 valence electrons. The molecular weight excluding hydrogens is 358 g/mol. The molecular formula is C17H23N3O3S2. The number of amides is 1. The number of aromatic nitrogens is 2. The Labute approximate surface area is 156 Å². The first-order valence-corrected chi connectivity index (χ1v) is 9.57. The van der Waals surface area contributed by atoms with Crippen molar-refractivity contribution in [2.45, 2.75) is 37.3 Å². The number of carbonyl (C=O) groups excluding carboxylic acids is 1. The minimum Gasteiger partial charge on any atom is -0.497 e. The monoisotopic (exact) mass is 381 g/mol. The van der Waals surface area contributed by atoms with Crippen LogP contribution in [0.15, 0.2) is 22.5 Å². The lowest BCUT2D eigenvalue weighted by atomic mass is 9.92. The average Bonchev–Trinajstić information content (AvgIpc) is 2.98. The summed E-state index contributed by atoms with van der Waals surface area (Å²) >= 11 is 2.93. The van der Waals surface area contributed by atoms with Crippen LogP contribution in [0.2, 0.25) is 0 Å². The third-order valence-electron chi connectivity index (χ3n) is 3.12. The zero-order chi connectivity index (χ0) is 18.4. The standard InChI is InChI=1S/C17H23N3O3S2/c1-17(2,3)9-14(21)18-15-19-20-16(25-15)24-10-11-6-12(22-4)8-13(7-11)23-5/h6-8H,9-10H2,1-5H3,(H,18,19,21). The number of nitrogens with one attached hydrogen (secondary N) is 1. The van der Waals surface area contributed by atoms with Crippen molar-refractivity contribution in [1.29, 1.82) is 0 Å². The Morgan fingerprint density at radius 3 is 2.36 bits per heavy atom. The van der Waals surface area contributed by atoms with Gasteiger partial charge in [-0.3, -0.25) is 4.79 Å². The van der Waals surface area contributed by atoms with E-state index in [0.29, 0.717) is 17.3 Å². The van der Waals surface area contributed by atoms with E-state index < -0.39 is 0 Å². The molecule has 0 aliphatic rings. The van der Waals surface area contributed by atoms with Crippen LogP contribution in [0.4, 0.5) is 5.13 Å². The Hall–Kier alpha value is -1.80. The van der Waals surface area contributed by atoms with Gasteiger partial charge < -0.3 is 14.8 Å². The Morgan fingerprint density at radius 2 is 1.80 bits per heavy atom. The molecule has 1 amide bonds. The van der Waals surface area contributed by atoms with Crippen LogP contribution in [0.1, 0.15) is 32.8 Å². The van der Waals surface area contributed by atoms with Gasteiger partial charge in [0.25, 0.3) is 0 Å². The maximum Gasteiger partial charge on any atom is 0.226 e. The second-order valence-electron chi connectivity index (χ2n) is 6.67. The van der Waals surface area contributed by atoms with Gasteiger partial charge in [0.05, 0.1) is 14.2 Å². The lowest BCUT2D eigenvalue weighted by Gasteiger charge is -2.16. The van der Waals surface area contributed by atoms with Crippen LogP contribution in [-0.2, 0) is 10.5 Å². The van der Waals surface area contributed by atoms with Crippen LogP contribution in [0.5, 0.6) is 11.5 Å². The van der Waals surface area contributed by atoms with Gasteiger partial charge in [-0.2, -0.15) is 0 Å². The van der Waals surface area contributed by atoms with E-state index in [-0.39, 0.29) is 11.3 Å². The van der Waals surface area contributed by atoms with Gasteiger partial charge in [0.15, 0.2) is 4.34 Å². The summed E-state index contributed by atoms with van der Waals surface area (Å²) in [6, 6.07) is 5.76. The molecule has 0 atom stereocenters. The highest BCUT2D eigenvalue weighted by Gasteiger charge is 2.17. The smallest absolute Gasteiger partial charge is 0.226 e. The fourth-order valence-corrected chi connectivity index (χ4v) is 3.76. The summed E-state index contributed by atoms with van der Waals surface area (Å²) in [5, 5.41) is 11.5. The second kappa shape index (κ2) is 8.53. The van der Waals surface area contributed by atoms with Gasteiger partial charge in [0, 0.05) is 18.2 Å². The summed E-state index contributed by atoms with van der Waals surface area (Å²) in [6.45, 7) is 6.07. The highest BCUT2D eigenvalue weighted by Crippen LogP contribution is 2.31. The molecule has 2 aromatic rings. The number of ether oxygens (including phenoxy) is 2. The largest absolute Gasteiger partial charge is 0.497 e. The van der Waals surface area contributed by atoms with Crippen LogP contribution >= 0.6 is 23.1 Å². The minimum absolute atomic E-state index is 0.0438. The lowest BCUT2D eigenvalue weighted by Crippen LogP contribution is -2.19. The summed E-state index contributed by atoms with van der Waals surface area (Å²) in [4.78, 5) is 12.0. The van der Waals surface area contributed by atoms with Crippen LogP contribution in [0.3, 0.4) is 0 Å². The van der Waals surface area contributed by atoms with E-state index >= 15 is 0 Å². The first kappa shape index (κ1) is 19.5. The molecule has 1 aromatic heterocycles. The van der Waals surface area contributed by atoms with E-state index in [1.165, 1.54) is 11.3 Å². The quantitative estimate of drug-likeness (QED) is 0.572. The predicted octanol–water partition coefficient (Wildman–Crippen LogP) is 4.22. The first-order chi connectivity index (χ1) is 11.8. The van der Waals surface area contributed by atoms with E-state index in [4.69, 9.17) is 9.47 Å². The summed E-state index contributed by atoms with van der Waals surface area (Å²) in [5.74, 6) is 2.17. The number of hydrogen-bond donors (Lipinski definition) is 1. The summed E-state index contributed by atoms with van der Waals surface area (Å²) in [5.41, 5.74) is 1.01. The van der Waals surface area contributed by atoms with Crippen LogP contribution < -0.4 is 14.8 Å². The van der Waals surface area contributed by atoms with Crippen LogP contribution in [0, 0.1) is 5.41 Å². The molecule has 6 nitrogen and oxygen atoms in total. The van der Waals surface area contributed by atoms with Gasteiger partial charge in [-0.25, -0.2) is 0 Å². The van der Waals surface area contributed by atoms with Crippen molar-refractivity contribution >= 4 is 34.1 Å². The molecule has 25 heavy (non-hydrogen) atoms. The number of anilines is 1. The molecule has 0 radical (unpaired) electrons. The maximum absolute atomic E-state index is 12.0. The fraction of sp³-hybridized carbons (Fsp3) is 0.471. The molecule has 0 saturated heterocycles. The average molecular weight is 382 g/mol. The molecule has 0 fully saturated rings. The van der Waals surface area contributed by atoms with Crippen molar-refractivity contribution in [3.05, 3.63) is 23.8 Å². The SMILES string of the molecule is COc1cc(CSc2nnc(NC(=O)CC(C)(C)C)s2)cc(OC)c1. The molecule has 0 unspecified atom stereocenters. The van der Waals surface area contributed by atoms with Gasteiger partial charge in [-0.15, -0.1) is 10.2 Å². The zero-order valence-corrected chi connectivity index (χ0v) is 16.7. The molecule has 0 aliphatic carbocycles. The van der Waals surface area contributed by atoms with E-state index in [2.05, 4.69) is 15.5 Å². The summed E-state index contributed by atoms with van der Waals surface area (Å²) in [7, 11) is 3.26. The number of methoxy groups -OCH3 is 2. The molecule has 1 aromatic carbocycles. The Bertz CT molecular complexity index is 704. The highest BCUT2D eigenvalue weighted by atomic mass is 32.2. The van der Waals surface area contributed by atoms with E-state index in [0.717, 1.165) is 21.4 Å². The van der Waals surface area contributed by atoms with Gasteiger partial charge in [-0.1, -0.05) is 43.9 Å². The zero-order valence-electron chi connectivity index (χ0n) is 15.1. The summed E-state index contributed by atoms with van der Waals surface area (Å²) < 4.78 is 11.3. The fourth-order valence-electron chi connectivity index (χ4n) is 2.06. The van der Waals surface area contributed by atoms with Crippen LogP contribution in [0.25, 0.3) is 0 Å². The van der Waals surface area contributed by atoms with Crippen molar-refractivity contribution < 1.29 is 14.3 Å². The number of rotatable bonds is 7. The van der Waals surface area contributed by atoms with Crippen molar-refractivity contribution in [3.8, 4) is 11.5 Å². The normalized spacial score (nSPS) is 11.2. The molecule has 0 aliphatic heterocycles. The number of thioether (sulfide) groups is 1. The van der Waals surface area contributed by atoms with E-state index in [9.17, 15) is 4.79 Å². The van der Waals surface area contributed by atoms with Crippen molar-refractivity contribution in [1.82, 2.24) is 10.2 Å². The van der Waals surface area contributed by atoms with Gasteiger partial charge in [-0.05, 0) is 23.1 Å². The third kappa shape index (κ3) is 6.55. The molecule has 1 N–H and O–H groups in total. The topological polar surface area (TPSA) is 73.3 Å². The van der Waals surface area contributed by atoms with Crippen LogP contribution in [-0.4, -0.2) is 30.3 Å². The lowest BCUT2D eigenvalue weighted by molar-refractivity contribution is -0.117. The Balaban J connectivity index is 1.94. The minimum atomic E-state index is -0.0578. The van der Waals surface area contributed by atoms with E-state index in [1.807, 2.05) is 39.0 Å². The van der Waals surface area contributed by atoms with Gasteiger partial charge in [0.2, 0.25) is 11.0 Å². The Kier molecular flexibility index (Phi) is 6.66. The maximum atomic E-state index is 12.0. The number of hydrogen-bond acceptors (Lipinski definition) is 7. The number of nitrogens with zero attached hydrogens (tertiary/aromatic N) is 2. The predicted molar refractivity (Wildman–Crippen MR) is 102 cm³/mol. The number of benzene rings is 1. The third-order valence-corrected chi connectivity index (χ3v) is 5.16. The van der Waals surface area contributed by atoms with Gasteiger partial charge >= 0.3 is 0 Å². The van der Waals surface area contributed by atoms with Crippen molar-refractivity contribution in [2.75, 3.05) is 19.5 Å².